The van der Waals surface area contributed by atoms with Crippen molar-refractivity contribution < 1.29 is 4.79 Å². The summed E-state index contributed by atoms with van der Waals surface area (Å²) in [5.41, 5.74) is 7.10. The summed E-state index contributed by atoms with van der Waals surface area (Å²) in [5.74, 6) is 0.863. The predicted octanol–water partition coefficient (Wildman–Crippen LogP) is 2.58. The number of fused-ring (bicyclic) bond motifs is 1. The summed E-state index contributed by atoms with van der Waals surface area (Å²) in [6.45, 7) is 0.625. The van der Waals surface area contributed by atoms with Gasteiger partial charge < -0.3 is 11.1 Å². The molecule has 2 aromatic rings. The summed E-state index contributed by atoms with van der Waals surface area (Å²) in [7, 11) is 0. The van der Waals surface area contributed by atoms with Crippen molar-refractivity contribution in [3.05, 3.63) is 48.0 Å². The summed E-state index contributed by atoms with van der Waals surface area (Å²) in [4.78, 5) is 11.9. The predicted molar refractivity (Wildman–Crippen MR) is 91.6 cm³/mol. The highest BCUT2D eigenvalue weighted by Gasteiger charge is 2.12. The smallest absolute Gasteiger partial charge is 0.236 e. The molecule has 0 aliphatic heterocycles. The summed E-state index contributed by atoms with van der Waals surface area (Å²) in [6, 6.07) is 14.2. The van der Waals surface area contributed by atoms with Gasteiger partial charge in [-0.15, -0.1) is 0 Å². The Labute approximate surface area is 130 Å². The zero-order chi connectivity index (χ0) is 15.1. The Bertz CT molecular complexity index is 595. The van der Waals surface area contributed by atoms with Crippen molar-refractivity contribution in [2.24, 2.45) is 5.73 Å². The second-order valence-electron chi connectivity index (χ2n) is 5.07. The molecule has 3 nitrogen and oxygen atoms in total. The molecule has 2 aromatic carbocycles. The van der Waals surface area contributed by atoms with Crippen LogP contribution in [0.4, 0.5) is 0 Å². The number of benzene rings is 2. The second-order valence-corrected chi connectivity index (χ2v) is 6.05. The lowest BCUT2D eigenvalue weighted by Gasteiger charge is -2.12. The van der Waals surface area contributed by atoms with Gasteiger partial charge in [0.05, 0.1) is 6.04 Å². The van der Waals surface area contributed by atoms with Crippen molar-refractivity contribution in [1.29, 1.82) is 0 Å². The molecule has 0 bridgehead atoms. The highest BCUT2D eigenvalue weighted by molar-refractivity contribution is 7.98. The van der Waals surface area contributed by atoms with Gasteiger partial charge in [-0.3, -0.25) is 4.79 Å². The van der Waals surface area contributed by atoms with E-state index in [0.717, 1.165) is 18.6 Å². The first-order chi connectivity index (χ1) is 10.2. The van der Waals surface area contributed by atoms with Crippen molar-refractivity contribution in [3.63, 3.8) is 0 Å². The summed E-state index contributed by atoms with van der Waals surface area (Å²) >= 11 is 1.71. The quantitative estimate of drug-likeness (QED) is 0.826. The maximum absolute atomic E-state index is 11.9. The van der Waals surface area contributed by atoms with Gasteiger partial charge in [-0.2, -0.15) is 11.8 Å². The first-order valence-electron chi connectivity index (χ1n) is 7.21. The minimum absolute atomic E-state index is 0.0516. The Kier molecular flexibility index (Phi) is 6.08. The maximum Gasteiger partial charge on any atom is 0.236 e. The van der Waals surface area contributed by atoms with Crippen LogP contribution < -0.4 is 11.1 Å². The highest BCUT2D eigenvalue weighted by Crippen LogP contribution is 2.18. The number of carbonyl (C=O) groups excluding carboxylic acids is 1. The van der Waals surface area contributed by atoms with E-state index in [9.17, 15) is 4.79 Å². The van der Waals surface area contributed by atoms with Crippen LogP contribution in [0.15, 0.2) is 42.5 Å². The lowest BCUT2D eigenvalue weighted by atomic mass is 10.0. The molecule has 0 aromatic heterocycles. The zero-order valence-electron chi connectivity index (χ0n) is 12.3. The van der Waals surface area contributed by atoms with E-state index in [-0.39, 0.29) is 5.91 Å². The molecule has 0 aliphatic rings. The van der Waals surface area contributed by atoms with E-state index in [1.807, 2.05) is 18.4 Å². The molecule has 2 rings (SSSR count). The number of hydrogen-bond donors (Lipinski definition) is 2. The molecule has 0 saturated carbocycles. The maximum atomic E-state index is 11.9. The average molecular weight is 302 g/mol. The molecule has 1 atom stereocenters. The van der Waals surface area contributed by atoms with Crippen molar-refractivity contribution in [1.82, 2.24) is 5.32 Å². The molecule has 0 saturated heterocycles. The number of carbonyl (C=O) groups is 1. The van der Waals surface area contributed by atoms with Gasteiger partial charge in [0.2, 0.25) is 5.91 Å². The van der Waals surface area contributed by atoms with Crippen LogP contribution >= 0.6 is 11.8 Å². The third kappa shape index (κ3) is 4.48. The molecular formula is C17H22N2OS. The molecule has 0 heterocycles. The summed E-state index contributed by atoms with van der Waals surface area (Å²) in [5, 5.41) is 5.42. The molecule has 1 amide bonds. The molecule has 0 aliphatic carbocycles. The third-order valence-electron chi connectivity index (χ3n) is 3.54. The number of nitrogens with one attached hydrogen (secondary N) is 1. The first kappa shape index (κ1) is 15.9. The molecule has 0 radical (unpaired) electrons. The van der Waals surface area contributed by atoms with Crippen molar-refractivity contribution >= 4 is 28.4 Å². The summed E-state index contributed by atoms with van der Waals surface area (Å²) in [6.07, 6.45) is 3.56. The average Bonchev–Trinajstić information content (AvgIpc) is 2.52. The zero-order valence-corrected chi connectivity index (χ0v) is 13.2. The van der Waals surface area contributed by atoms with Gasteiger partial charge in [0.1, 0.15) is 0 Å². The number of hydrogen-bond acceptors (Lipinski definition) is 3. The molecule has 21 heavy (non-hydrogen) atoms. The summed E-state index contributed by atoms with van der Waals surface area (Å²) < 4.78 is 0. The van der Waals surface area contributed by atoms with Crippen LogP contribution in [0.5, 0.6) is 0 Å². The van der Waals surface area contributed by atoms with Gasteiger partial charge in [-0.1, -0.05) is 42.5 Å². The fraction of sp³-hybridized carbons (Fsp3) is 0.353. The number of thioether (sulfide) groups is 1. The van der Waals surface area contributed by atoms with Crippen LogP contribution in [0, 0.1) is 0 Å². The van der Waals surface area contributed by atoms with Crippen LogP contribution in [-0.4, -0.2) is 30.5 Å². The largest absolute Gasteiger partial charge is 0.354 e. The normalized spacial score (nSPS) is 12.3. The Morgan fingerprint density at radius 2 is 2.00 bits per heavy atom. The standard InChI is InChI=1S/C17H22N2OS/c1-21-12-10-16(18)17(20)19-11-9-14-7-4-6-13-5-2-3-8-15(13)14/h2-8,16H,9-12,18H2,1H3,(H,19,20). The van der Waals surface area contributed by atoms with E-state index < -0.39 is 6.04 Å². The van der Waals surface area contributed by atoms with Crippen molar-refractivity contribution in [2.45, 2.75) is 18.9 Å². The van der Waals surface area contributed by atoms with Crippen LogP contribution in [0.2, 0.25) is 0 Å². The van der Waals surface area contributed by atoms with Gasteiger partial charge in [0.15, 0.2) is 0 Å². The Morgan fingerprint density at radius 3 is 2.81 bits per heavy atom. The molecule has 1 unspecified atom stereocenters. The molecular weight excluding hydrogens is 280 g/mol. The fourth-order valence-electron chi connectivity index (χ4n) is 2.34. The van der Waals surface area contributed by atoms with Crippen molar-refractivity contribution in [2.75, 3.05) is 18.6 Å². The Hall–Kier alpha value is -1.52. The van der Waals surface area contributed by atoms with Gasteiger partial charge in [-0.25, -0.2) is 0 Å². The van der Waals surface area contributed by atoms with E-state index in [2.05, 4.69) is 35.6 Å². The second kappa shape index (κ2) is 8.05. The van der Waals surface area contributed by atoms with Crippen LogP contribution in [0.1, 0.15) is 12.0 Å². The van der Waals surface area contributed by atoms with Crippen LogP contribution in [0.3, 0.4) is 0 Å². The van der Waals surface area contributed by atoms with Gasteiger partial charge >= 0.3 is 0 Å². The van der Waals surface area contributed by atoms with Crippen molar-refractivity contribution in [3.8, 4) is 0 Å². The lowest BCUT2D eigenvalue weighted by Crippen LogP contribution is -2.41. The lowest BCUT2D eigenvalue weighted by molar-refractivity contribution is -0.122. The minimum atomic E-state index is -0.398. The monoisotopic (exact) mass is 302 g/mol. The van der Waals surface area contributed by atoms with E-state index in [0.29, 0.717) is 6.54 Å². The van der Waals surface area contributed by atoms with E-state index in [4.69, 9.17) is 5.73 Å². The molecule has 0 spiro atoms. The Balaban J connectivity index is 1.89. The highest BCUT2D eigenvalue weighted by atomic mass is 32.2. The Morgan fingerprint density at radius 1 is 1.24 bits per heavy atom. The minimum Gasteiger partial charge on any atom is -0.354 e. The van der Waals surface area contributed by atoms with Gasteiger partial charge in [-0.05, 0) is 41.2 Å². The van der Waals surface area contributed by atoms with E-state index >= 15 is 0 Å². The first-order valence-corrected chi connectivity index (χ1v) is 8.60. The number of rotatable bonds is 7. The van der Waals surface area contributed by atoms with Crippen LogP contribution in [0.25, 0.3) is 10.8 Å². The third-order valence-corrected chi connectivity index (χ3v) is 4.19. The van der Waals surface area contributed by atoms with Crippen LogP contribution in [-0.2, 0) is 11.2 Å². The van der Waals surface area contributed by atoms with E-state index in [1.165, 1.54) is 16.3 Å². The SMILES string of the molecule is CSCCC(N)C(=O)NCCc1cccc2ccccc12. The van der Waals surface area contributed by atoms with Gasteiger partial charge in [0, 0.05) is 6.54 Å². The molecule has 4 heteroatoms. The topological polar surface area (TPSA) is 55.1 Å². The van der Waals surface area contributed by atoms with E-state index in [1.54, 1.807) is 11.8 Å². The molecule has 112 valence electrons. The molecule has 0 fully saturated rings. The molecule has 3 N–H and O–H groups in total. The number of nitrogens with two attached hydrogens (primary N) is 1. The number of amides is 1. The fourth-order valence-corrected chi connectivity index (χ4v) is 2.83. The van der Waals surface area contributed by atoms with Gasteiger partial charge in [0.25, 0.3) is 0 Å².